The van der Waals surface area contributed by atoms with Crippen molar-refractivity contribution in [3.63, 3.8) is 0 Å². The van der Waals surface area contributed by atoms with E-state index < -0.39 is 0 Å². The molecule has 20 heavy (non-hydrogen) atoms. The average Bonchev–Trinajstić information content (AvgIpc) is 2.46. The zero-order valence-electron chi connectivity index (χ0n) is 12.5. The van der Waals surface area contributed by atoms with Gasteiger partial charge in [-0.15, -0.1) is 0 Å². The van der Waals surface area contributed by atoms with Crippen molar-refractivity contribution in [1.82, 2.24) is 9.80 Å². The van der Waals surface area contributed by atoms with Crippen LogP contribution in [0.3, 0.4) is 0 Å². The van der Waals surface area contributed by atoms with Gasteiger partial charge in [0.2, 0.25) is 5.91 Å². The minimum absolute atomic E-state index is 0.210. The van der Waals surface area contributed by atoms with Gasteiger partial charge in [0.05, 0.1) is 19.6 Å². The van der Waals surface area contributed by atoms with Gasteiger partial charge in [0, 0.05) is 26.2 Å². The highest BCUT2D eigenvalue weighted by Gasteiger charge is 2.18. The van der Waals surface area contributed by atoms with Gasteiger partial charge in [-0.1, -0.05) is 29.8 Å². The molecule has 1 amide bonds. The summed E-state index contributed by atoms with van der Waals surface area (Å²) >= 11 is 0. The number of amides is 1. The third kappa shape index (κ3) is 4.62. The van der Waals surface area contributed by atoms with Gasteiger partial charge in [-0.25, -0.2) is 0 Å². The van der Waals surface area contributed by atoms with E-state index in [-0.39, 0.29) is 5.91 Å². The minimum atomic E-state index is 0.210. The third-order valence-electron chi connectivity index (χ3n) is 3.71. The molecule has 1 heterocycles. The van der Waals surface area contributed by atoms with Crippen molar-refractivity contribution in [2.45, 2.75) is 20.0 Å². The highest BCUT2D eigenvalue weighted by atomic mass is 16.5. The lowest BCUT2D eigenvalue weighted by Crippen LogP contribution is -2.47. The molecule has 1 aliphatic rings. The molecule has 2 rings (SSSR count). The molecule has 0 radical (unpaired) electrons. The van der Waals surface area contributed by atoms with Crippen LogP contribution in [-0.2, 0) is 16.1 Å². The molecule has 0 bridgehead atoms. The summed E-state index contributed by atoms with van der Waals surface area (Å²) in [6.45, 7) is 6.77. The maximum Gasteiger partial charge on any atom is 0.224 e. The fourth-order valence-electron chi connectivity index (χ4n) is 2.25. The van der Waals surface area contributed by atoms with Gasteiger partial charge in [-0.2, -0.15) is 0 Å². The molecule has 0 aliphatic carbocycles. The fraction of sp³-hybridized carbons (Fsp3) is 0.562. The van der Waals surface area contributed by atoms with Gasteiger partial charge in [-0.05, 0) is 19.5 Å². The maximum absolute atomic E-state index is 12.0. The van der Waals surface area contributed by atoms with E-state index in [1.54, 1.807) is 0 Å². The van der Waals surface area contributed by atoms with E-state index in [0.717, 1.165) is 31.7 Å². The number of carbonyl (C=O) groups is 1. The molecule has 0 N–H and O–H groups in total. The monoisotopic (exact) mass is 276 g/mol. The number of nitrogens with zero attached hydrogens (tertiary/aromatic N) is 2. The zero-order valence-corrected chi connectivity index (χ0v) is 12.5. The first-order valence-corrected chi connectivity index (χ1v) is 7.25. The van der Waals surface area contributed by atoms with Crippen molar-refractivity contribution in [3.8, 4) is 0 Å². The lowest BCUT2D eigenvalue weighted by molar-refractivity contribution is -0.134. The summed E-state index contributed by atoms with van der Waals surface area (Å²) in [6, 6.07) is 8.29. The van der Waals surface area contributed by atoms with Crippen molar-refractivity contribution in [3.05, 3.63) is 35.4 Å². The van der Waals surface area contributed by atoms with Crippen molar-refractivity contribution < 1.29 is 9.53 Å². The molecule has 0 aromatic heterocycles. The Morgan fingerprint density at radius 2 is 1.80 bits per heavy atom. The van der Waals surface area contributed by atoms with E-state index in [2.05, 4.69) is 43.1 Å². The van der Waals surface area contributed by atoms with E-state index in [9.17, 15) is 4.79 Å². The van der Waals surface area contributed by atoms with Gasteiger partial charge in [0.25, 0.3) is 0 Å². The Balaban J connectivity index is 1.63. The summed E-state index contributed by atoms with van der Waals surface area (Å²) < 4.78 is 5.58. The molecular formula is C16H24N2O2. The summed E-state index contributed by atoms with van der Waals surface area (Å²) in [5.41, 5.74) is 2.40. The summed E-state index contributed by atoms with van der Waals surface area (Å²) in [5, 5.41) is 0. The van der Waals surface area contributed by atoms with Gasteiger partial charge in [0.15, 0.2) is 0 Å². The summed E-state index contributed by atoms with van der Waals surface area (Å²) in [6.07, 6.45) is 0.482. The smallest absolute Gasteiger partial charge is 0.224 e. The van der Waals surface area contributed by atoms with Crippen LogP contribution in [0.25, 0.3) is 0 Å². The summed E-state index contributed by atoms with van der Waals surface area (Å²) in [5.74, 6) is 0.210. The minimum Gasteiger partial charge on any atom is -0.376 e. The number of likely N-dealkylation sites (N-methyl/N-ethyl adjacent to an activating group) is 1. The number of benzene rings is 1. The van der Waals surface area contributed by atoms with Gasteiger partial charge in [0.1, 0.15) is 0 Å². The number of aryl methyl sites for hydroxylation is 1. The SMILES string of the molecule is Cc1ccc(COCCC(=O)N2CCN(C)CC2)cc1. The first kappa shape index (κ1) is 15.0. The second-order valence-corrected chi connectivity index (χ2v) is 5.47. The Hall–Kier alpha value is -1.39. The molecule has 1 saturated heterocycles. The Labute approximate surface area is 121 Å². The van der Waals surface area contributed by atoms with Gasteiger partial charge >= 0.3 is 0 Å². The van der Waals surface area contributed by atoms with Gasteiger partial charge < -0.3 is 14.5 Å². The molecule has 0 spiro atoms. The lowest BCUT2D eigenvalue weighted by Gasteiger charge is -2.32. The quantitative estimate of drug-likeness (QED) is 0.767. The Morgan fingerprint density at radius 1 is 1.15 bits per heavy atom. The largest absolute Gasteiger partial charge is 0.376 e. The highest BCUT2D eigenvalue weighted by molar-refractivity contribution is 5.76. The van der Waals surface area contributed by atoms with Crippen LogP contribution in [-0.4, -0.2) is 55.5 Å². The molecule has 110 valence electrons. The first-order valence-electron chi connectivity index (χ1n) is 7.25. The van der Waals surface area contributed by atoms with Crippen LogP contribution < -0.4 is 0 Å². The molecule has 0 unspecified atom stereocenters. The predicted octanol–water partition coefficient (Wildman–Crippen LogP) is 1.68. The van der Waals surface area contributed by atoms with E-state index >= 15 is 0 Å². The predicted molar refractivity (Wildman–Crippen MR) is 79.5 cm³/mol. The molecular weight excluding hydrogens is 252 g/mol. The van der Waals surface area contributed by atoms with Crippen LogP contribution in [0.1, 0.15) is 17.5 Å². The molecule has 1 aromatic rings. The molecule has 0 saturated carbocycles. The molecule has 4 heteroatoms. The Bertz CT molecular complexity index is 423. The van der Waals surface area contributed by atoms with E-state index in [1.165, 1.54) is 5.56 Å². The van der Waals surface area contributed by atoms with E-state index in [0.29, 0.717) is 19.6 Å². The van der Waals surface area contributed by atoms with Crippen molar-refractivity contribution in [2.24, 2.45) is 0 Å². The number of hydrogen-bond acceptors (Lipinski definition) is 3. The van der Waals surface area contributed by atoms with Crippen molar-refractivity contribution in [1.29, 1.82) is 0 Å². The van der Waals surface area contributed by atoms with Gasteiger partial charge in [-0.3, -0.25) is 4.79 Å². The van der Waals surface area contributed by atoms with Crippen LogP contribution in [0, 0.1) is 6.92 Å². The van der Waals surface area contributed by atoms with E-state index in [1.807, 2.05) is 4.90 Å². The second kappa shape index (κ2) is 7.41. The third-order valence-corrected chi connectivity index (χ3v) is 3.71. The Morgan fingerprint density at radius 3 is 2.45 bits per heavy atom. The van der Waals surface area contributed by atoms with Crippen LogP contribution >= 0.6 is 0 Å². The number of rotatable bonds is 5. The molecule has 1 aromatic carbocycles. The number of ether oxygens (including phenoxy) is 1. The van der Waals surface area contributed by atoms with Crippen molar-refractivity contribution in [2.75, 3.05) is 39.8 Å². The first-order chi connectivity index (χ1) is 9.65. The summed E-state index contributed by atoms with van der Waals surface area (Å²) in [7, 11) is 2.09. The maximum atomic E-state index is 12.0. The number of carbonyl (C=O) groups excluding carboxylic acids is 1. The van der Waals surface area contributed by atoms with Crippen LogP contribution in [0.15, 0.2) is 24.3 Å². The molecule has 4 nitrogen and oxygen atoms in total. The molecule has 0 atom stereocenters. The normalized spacial score (nSPS) is 16.4. The zero-order chi connectivity index (χ0) is 14.4. The lowest BCUT2D eigenvalue weighted by atomic mass is 10.2. The van der Waals surface area contributed by atoms with Crippen LogP contribution in [0.5, 0.6) is 0 Å². The fourth-order valence-corrected chi connectivity index (χ4v) is 2.25. The number of hydrogen-bond donors (Lipinski definition) is 0. The standard InChI is InChI=1S/C16H24N2O2/c1-14-3-5-15(6-4-14)13-20-12-7-16(19)18-10-8-17(2)9-11-18/h3-6H,7-13H2,1-2H3. The number of piperazine rings is 1. The van der Waals surface area contributed by atoms with Crippen LogP contribution in [0.4, 0.5) is 0 Å². The van der Waals surface area contributed by atoms with E-state index in [4.69, 9.17) is 4.74 Å². The highest BCUT2D eigenvalue weighted by Crippen LogP contribution is 2.06. The second-order valence-electron chi connectivity index (χ2n) is 5.47. The topological polar surface area (TPSA) is 32.8 Å². The molecule has 1 fully saturated rings. The van der Waals surface area contributed by atoms with Crippen molar-refractivity contribution >= 4 is 5.91 Å². The molecule has 1 aliphatic heterocycles. The average molecular weight is 276 g/mol. The summed E-state index contributed by atoms with van der Waals surface area (Å²) in [4.78, 5) is 16.2. The van der Waals surface area contributed by atoms with Crippen LogP contribution in [0.2, 0.25) is 0 Å². The Kier molecular flexibility index (Phi) is 5.56.